The Morgan fingerprint density at radius 1 is 1.47 bits per heavy atom. The highest BCUT2D eigenvalue weighted by atomic mass is 32.2. The van der Waals surface area contributed by atoms with Gasteiger partial charge in [-0.2, -0.15) is 0 Å². The van der Waals surface area contributed by atoms with Gasteiger partial charge in [-0.05, 0) is 20.3 Å². The number of nitrogens with two attached hydrogens (primary N) is 1. The molecule has 0 aliphatic rings. The summed E-state index contributed by atoms with van der Waals surface area (Å²) in [4.78, 5) is 0. The second kappa shape index (κ2) is 7.62. The van der Waals surface area contributed by atoms with Crippen molar-refractivity contribution in [3.05, 3.63) is 0 Å². The Morgan fingerprint density at radius 2 is 2.06 bits per heavy atom. The van der Waals surface area contributed by atoms with E-state index >= 15 is 0 Å². The van der Waals surface area contributed by atoms with Crippen LogP contribution in [0.1, 0.15) is 33.6 Å². The summed E-state index contributed by atoms with van der Waals surface area (Å²) in [5.74, 6) is -0.0856. The summed E-state index contributed by atoms with van der Waals surface area (Å²) in [6.07, 6.45) is 0.856. The van der Waals surface area contributed by atoms with E-state index in [1.54, 1.807) is 0 Å². The zero-order chi connectivity index (χ0) is 13.5. The van der Waals surface area contributed by atoms with Gasteiger partial charge in [0, 0.05) is 12.5 Å². The summed E-state index contributed by atoms with van der Waals surface area (Å²) in [6, 6.07) is -0.309. The minimum absolute atomic E-state index is 0.0158. The molecule has 0 aromatic rings. The first-order valence-electron chi connectivity index (χ1n) is 5.71. The lowest BCUT2D eigenvalue weighted by atomic mass is 10.1. The fourth-order valence-corrected chi connectivity index (χ4v) is 2.43. The lowest BCUT2D eigenvalue weighted by molar-refractivity contribution is 0.0911. The minimum atomic E-state index is -3.36. The molecule has 0 saturated heterocycles. The van der Waals surface area contributed by atoms with Gasteiger partial charge < -0.3 is 10.5 Å². The topological polar surface area (TPSA) is 105 Å². The van der Waals surface area contributed by atoms with Crippen molar-refractivity contribution in [1.29, 1.82) is 5.41 Å². The molecule has 4 N–H and O–H groups in total. The second-order valence-electron chi connectivity index (χ2n) is 4.19. The van der Waals surface area contributed by atoms with E-state index in [0.717, 1.165) is 0 Å². The Bertz CT molecular complexity index is 328. The number of hydrogen-bond acceptors (Lipinski definition) is 4. The Hall–Kier alpha value is -0.660. The van der Waals surface area contributed by atoms with Gasteiger partial charge in [-0.3, -0.25) is 5.41 Å². The molecule has 6 nitrogen and oxygen atoms in total. The lowest BCUT2D eigenvalue weighted by Crippen LogP contribution is -2.39. The summed E-state index contributed by atoms with van der Waals surface area (Å²) < 4.78 is 31.0. The highest BCUT2D eigenvalue weighted by Crippen LogP contribution is 2.00. The Morgan fingerprint density at radius 3 is 2.47 bits per heavy atom. The molecule has 0 rings (SSSR count). The third-order valence-electron chi connectivity index (χ3n) is 2.11. The molecule has 0 saturated carbocycles. The van der Waals surface area contributed by atoms with E-state index in [1.807, 2.05) is 20.8 Å². The van der Waals surface area contributed by atoms with Crippen LogP contribution in [0, 0.1) is 5.41 Å². The van der Waals surface area contributed by atoms with Gasteiger partial charge in [0.1, 0.15) is 0 Å². The van der Waals surface area contributed by atoms with Gasteiger partial charge in [0.15, 0.2) is 0 Å². The van der Waals surface area contributed by atoms with Crippen LogP contribution in [0.25, 0.3) is 0 Å². The first-order valence-corrected chi connectivity index (χ1v) is 7.36. The molecule has 0 spiro atoms. The number of hydrogen-bond donors (Lipinski definition) is 3. The van der Waals surface area contributed by atoms with Crippen LogP contribution in [-0.2, 0) is 14.8 Å². The predicted octanol–water partition coefficient (Wildman–Crippen LogP) is 0.435. The number of rotatable bonds is 9. The monoisotopic (exact) mass is 265 g/mol. The van der Waals surface area contributed by atoms with Crippen LogP contribution < -0.4 is 10.5 Å². The van der Waals surface area contributed by atoms with E-state index in [-0.39, 0.29) is 36.8 Å². The molecule has 0 aromatic carbocycles. The normalized spacial score (nSPS) is 13.9. The Kier molecular flexibility index (Phi) is 7.33. The first kappa shape index (κ1) is 16.3. The van der Waals surface area contributed by atoms with E-state index in [0.29, 0.717) is 6.42 Å². The van der Waals surface area contributed by atoms with Crippen molar-refractivity contribution in [3.8, 4) is 0 Å². The summed E-state index contributed by atoms with van der Waals surface area (Å²) >= 11 is 0. The maximum atomic E-state index is 11.7. The van der Waals surface area contributed by atoms with Crippen molar-refractivity contribution >= 4 is 15.9 Å². The van der Waals surface area contributed by atoms with Crippen molar-refractivity contribution in [2.24, 2.45) is 5.73 Å². The van der Waals surface area contributed by atoms with Gasteiger partial charge in [-0.1, -0.05) is 6.92 Å². The smallest absolute Gasteiger partial charge is 0.214 e. The van der Waals surface area contributed by atoms with Crippen molar-refractivity contribution < 1.29 is 13.2 Å². The third-order valence-corrected chi connectivity index (χ3v) is 3.51. The van der Waals surface area contributed by atoms with Crippen LogP contribution in [0.15, 0.2) is 0 Å². The summed E-state index contributed by atoms with van der Waals surface area (Å²) in [6.45, 7) is 5.72. The summed E-state index contributed by atoms with van der Waals surface area (Å²) in [5.41, 5.74) is 5.25. The SMILES string of the molecule is CCC(CC(=N)N)NS(=O)(=O)CCOC(C)C. The van der Waals surface area contributed by atoms with Crippen LogP contribution in [0.5, 0.6) is 0 Å². The van der Waals surface area contributed by atoms with Gasteiger partial charge in [0.25, 0.3) is 0 Å². The average Bonchev–Trinajstić information content (AvgIpc) is 2.14. The van der Waals surface area contributed by atoms with Crippen LogP contribution in [0.4, 0.5) is 0 Å². The van der Waals surface area contributed by atoms with Crippen LogP contribution in [0.2, 0.25) is 0 Å². The molecule has 0 radical (unpaired) electrons. The molecular weight excluding hydrogens is 242 g/mol. The van der Waals surface area contributed by atoms with Crippen molar-refractivity contribution in [3.63, 3.8) is 0 Å². The van der Waals surface area contributed by atoms with Crippen LogP contribution >= 0.6 is 0 Å². The third kappa shape index (κ3) is 9.08. The van der Waals surface area contributed by atoms with E-state index in [1.165, 1.54) is 0 Å². The molecule has 0 amide bonds. The molecule has 102 valence electrons. The van der Waals surface area contributed by atoms with Crippen LogP contribution in [0.3, 0.4) is 0 Å². The molecule has 0 aliphatic heterocycles. The first-order chi connectivity index (χ1) is 7.76. The standard InChI is InChI=1S/C10H23N3O3S/c1-4-9(7-10(11)12)13-17(14,15)6-5-16-8(2)3/h8-9,13H,4-7H2,1-3H3,(H3,11,12). The molecular formula is C10H23N3O3S. The fraction of sp³-hybridized carbons (Fsp3) is 0.900. The van der Waals surface area contributed by atoms with Gasteiger partial charge in [-0.15, -0.1) is 0 Å². The molecule has 7 heteroatoms. The predicted molar refractivity (Wildman–Crippen MR) is 68.6 cm³/mol. The molecule has 0 aromatic heterocycles. The van der Waals surface area contributed by atoms with Crippen molar-refractivity contribution in [2.75, 3.05) is 12.4 Å². The zero-order valence-electron chi connectivity index (χ0n) is 10.7. The molecule has 1 unspecified atom stereocenters. The van der Waals surface area contributed by atoms with E-state index in [2.05, 4.69) is 4.72 Å². The van der Waals surface area contributed by atoms with Gasteiger partial charge in [0.2, 0.25) is 10.0 Å². The molecule has 0 fully saturated rings. The summed E-state index contributed by atoms with van der Waals surface area (Å²) in [5, 5.41) is 7.15. The summed E-state index contributed by atoms with van der Waals surface area (Å²) in [7, 11) is -3.36. The Balaban J connectivity index is 4.17. The fourth-order valence-electron chi connectivity index (χ4n) is 1.24. The van der Waals surface area contributed by atoms with Gasteiger partial charge in [-0.25, -0.2) is 13.1 Å². The molecule has 0 bridgehead atoms. The van der Waals surface area contributed by atoms with E-state index in [9.17, 15) is 8.42 Å². The Labute approximate surface area is 103 Å². The van der Waals surface area contributed by atoms with Crippen LogP contribution in [-0.4, -0.2) is 38.8 Å². The average molecular weight is 265 g/mol. The maximum absolute atomic E-state index is 11.7. The minimum Gasteiger partial charge on any atom is -0.388 e. The highest BCUT2D eigenvalue weighted by Gasteiger charge is 2.17. The quantitative estimate of drug-likeness (QED) is 0.415. The number of ether oxygens (including phenoxy) is 1. The van der Waals surface area contributed by atoms with Crippen molar-refractivity contribution in [2.45, 2.75) is 45.8 Å². The van der Waals surface area contributed by atoms with Crippen molar-refractivity contribution in [1.82, 2.24) is 4.72 Å². The largest absolute Gasteiger partial charge is 0.388 e. The maximum Gasteiger partial charge on any atom is 0.214 e. The molecule has 17 heavy (non-hydrogen) atoms. The van der Waals surface area contributed by atoms with Gasteiger partial charge in [0.05, 0.1) is 24.3 Å². The number of amidine groups is 1. The molecule has 1 atom stereocenters. The highest BCUT2D eigenvalue weighted by molar-refractivity contribution is 7.89. The molecule has 0 aliphatic carbocycles. The lowest BCUT2D eigenvalue weighted by Gasteiger charge is -2.16. The number of nitrogens with one attached hydrogen (secondary N) is 2. The van der Waals surface area contributed by atoms with E-state index < -0.39 is 10.0 Å². The second-order valence-corrected chi connectivity index (χ2v) is 6.06. The van der Waals surface area contributed by atoms with E-state index in [4.69, 9.17) is 15.9 Å². The zero-order valence-corrected chi connectivity index (χ0v) is 11.5. The number of sulfonamides is 1. The van der Waals surface area contributed by atoms with Gasteiger partial charge >= 0.3 is 0 Å². The molecule has 0 heterocycles.